The minimum absolute atomic E-state index is 0.101. The van der Waals surface area contributed by atoms with E-state index in [0.717, 1.165) is 16.5 Å². The van der Waals surface area contributed by atoms with E-state index in [2.05, 4.69) is 15.5 Å². The molecule has 8 nitrogen and oxygen atoms in total. The Morgan fingerprint density at radius 3 is 2.51 bits per heavy atom. The second kappa shape index (κ2) is 8.23. The number of aromatic nitrogens is 4. The molecule has 35 heavy (non-hydrogen) atoms. The predicted octanol–water partition coefficient (Wildman–Crippen LogP) is 4.37. The number of amides is 1. The standard InChI is InChI=1S/C21H16ClF5N6O2/c1-32-18(15(35-2)16(31-32)20(23,24)21(25,26)27)33-9-12(8-29-33)11-3-4-14(22)13(7-11)17(34)30-19(10-28)5-6-19/h3-4,7-9H,5-6H2,1-2H3,(H,30,34). The molecule has 1 fully saturated rings. The minimum Gasteiger partial charge on any atom is -0.491 e. The zero-order chi connectivity index (χ0) is 25.8. The summed E-state index contributed by atoms with van der Waals surface area (Å²) >= 11 is 6.16. The fraction of sp³-hybridized carbons (Fsp3) is 0.333. The highest BCUT2D eigenvalue weighted by molar-refractivity contribution is 6.34. The summed E-state index contributed by atoms with van der Waals surface area (Å²) in [6.07, 6.45) is -2.16. The van der Waals surface area contributed by atoms with Gasteiger partial charge in [-0.3, -0.25) is 4.79 Å². The quantitative estimate of drug-likeness (QED) is 0.493. The molecular weight excluding hydrogens is 499 g/mol. The van der Waals surface area contributed by atoms with Crippen molar-refractivity contribution in [2.24, 2.45) is 7.05 Å². The van der Waals surface area contributed by atoms with E-state index in [0.29, 0.717) is 24.0 Å². The summed E-state index contributed by atoms with van der Waals surface area (Å²) in [6.45, 7) is 0. The lowest BCUT2D eigenvalue weighted by Gasteiger charge is -2.18. The molecule has 0 bridgehead atoms. The van der Waals surface area contributed by atoms with Crippen molar-refractivity contribution in [1.29, 1.82) is 5.26 Å². The van der Waals surface area contributed by atoms with Crippen LogP contribution in [0.2, 0.25) is 5.02 Å². The lowest BCUT2D eigenvalue weighted by molar-refractivity contribution is -0.291. The number of carbonyl (C=O) groups excluding carboxylic acids is 1. The molecule has 14 heteroatoms. The van der Waals surface area contributed by atoms with Gasteiger partial charge in [0.05, 0.1) is 30.0 Å². The number of hydrogen-bond acceptors (Lipinski definition) is 5. The van der Waals surface area contributed by atoms with Crippen LogP contribution in [-0.4, -0.2) is 44.3 Å². The fourth-order valence-corrected chi connectivity index (χ4v) is 3.62. The van der Waals surface area contributed by atoms with E-state index in [4.69, 9.17) is 16.3 Å². The van der Waals surface area contributed by atoms with Gasteiger partial charge in [0.25, 0.3) is 5.91 Å². The van der Waals surface area contributed by atoms with Crippen molar-refractivity contribution in [3.8, 4) is 28.8 Å². The van der Waals surface area contributed by atoms with Gasteiger partial charge in [-0.1, -0.05) is 17.7 Å². The molecule has 0 radical (unpaired) electrons. The van der Waals surface area contributed by atoms with Crippen LogP contribution in [0.1, 0.15) is 28.9 Å². The van der Waals surface area contributed by atoms with Gasteiger partial charge < -0.3 is 10.1 Å². The van der Waals surface area contributed by atoms with Crippen molar-refractivity contribution >= 4 is 17.5 Å². The van der Waals surface area contributed by atoms with Gasteiger partial charge in [0.2, 0.25) is 0 Å². The van der Waals surface area contributed by atoms with Crippen LogP contribution in [0.15, 0.2) is 30.6 Å². The highest BCUT2D eigenvalue weighted by Gasteiger charge is 2.62. The van der Waals surface area contributed by atoms with Crippen LogP contribution in [0.3, 0.4) is 0 Å². The van der Waals surface area contributed by atoms with Crippen LogP contribution in [0, 0.1) is 11.3 Å². The Balaban J connectivity index is 1.71. The lowest BCUT2D eigenvalue weighted by atomic mass is 10.1. The Morgan fingerprint density at radius 2 is 1.94 bits per heavy atom. The average Bonchev–Trinajstić information content (AvgIpc) is 3.23. The van der Waals surface area contributed by atoms with Crippen molar-refractivity contribution in [3.05, 3.63) is 46.9 Å². The van der Waals surface area contributed by atoms with Gasteiger partial charge >= 0.3 is 12.1 Å². The molecule has 0 atom stereocenters. The summed E-state index contributed by atoms with van der Waals surface area (Å²) in [5, 5.41) is 19.4. The van der Waals surface area contributed by atoms with Crippen LogP contribution in [-0.2, 0) is 13.0 Å². The molecule has 1 amide bonds. The van der Waals surface area contributed by atoms with Gasteiger partial charge in [0.1, 0.15) is 5.54 Å². The van der Waals surface area contributed by atoms with Gasteiger partial charge in [0.15, 0.2) is 17.3 Å². The van der Waals surface area contributed by atoms with Crippen LogP contribution >= 0.6 is 11.6 Å². The first-order chi connectivity index (χ1) is 16.3. The van der Waals surface area contributed by atoms with Crippen molar-refractivity contribution in [2.75, 3.05) is 7.11 Å². The van der Waals surface area contributed by atoms with Crippen molar-refractivity contribution in [2.45, 2.75) is 30.5 Å². The Kier molecular flexibility index (Phi) is 5.75. The number of nitrogens with zero attached hydrogens (tertiary/aromatic N) is 5. The Bertz CT molecular complexity index is 1350. The number of methoxy groups -OCH3 is 1. The molecule has 1 aromatic carbocycles. The highest BCUT2D eigenvalue weighted by Crippen LogP contribution is 2.48. The molecule has 0 saturated heterocycles. The van der Waals surface area contributed by atoms with Crippen molar-refractivity contribution in [1.82, 2.24) is 24.9 Å². The number of halogens is 6. The number of carbonyl (C=O) groups is 1. The number of aryl methyl sites for hydroxylation is 1. The molecule has 1 saturated carbocycles. The molecule has 1 N–H and O–H groups in total. The van der Waals surface area contributed by atoms with E-state index < -0.39 is 35.0 Å². The maximum Gasteiger partial charge on any atom is 0.459 e. The van der Waals surface area contributed by atoms with Crippen LogP contribution in [0.5, 0.6) is 5.75 Å². The van der Waals surface area contributed by atoms with E-state index in [9.17, 15) is 32.0 Å². The first-order valence-electron chi connectivity index (χ1n) is 9.98. The van der Waals surface area contributed by atoms with E-state index >= 15 is 0 Å². The molecular formula is C21H16ClF5N6O2. The number of rotatable bonds is 6. The molecule has 0 spiro atoms. The van der Waals surface area contributed by atoms with E-state index in [1.165, 1.54) is 31.6 Å². The average molecular weight is 515 g/mol. The topological polar surface area (TPSA) is 97.8 Å². The summed E-state index contributed by atoms with van der Waals surface area (Å²) in [5.41, 5.74) is -1.56. The van der Waals surface area contributed by atoms with Crippen LogP contribution < -0.4 is 10.1 Å². The first-order valence-corrected chi connectivity index (χ1v) is 10.4. The number of benzene rings is 1. The Hall–Kier alpha value is -3.66. The predicted molar refractivity (Wildman–Crippen MR) is 112 cm³/mol. The first kappa shape index (κ1) is 24.5. The molecule has 0 unspecified atom stereocenters. The maximum atomic E-state index is 14.0. The Morgan fingerprint density at radius 1 is 1.26 bits per heavy atom. The highest BCUT2D eigenvalue weighted by atomic mass is 35.5. The summed E-state index contributed by atoms with van der Waals surface area (Å²) in [6, 6.07) is 6.53. The normalized spacial score (nSPS) is 14.9. The third-order valence-electron chi connectivity index (χ3n) is 5.49. The number of hydrogen-bond donors (Lipinski definition) is 1. The lowest BCUT2D eigenvalue weighted by Crippen LogP contribution is -2.35. The zero-order valence-electron chi connectivity index (χ0n) is 18.1. The van der Waals surface area contributed by atoms with E-state index in [-0.39, 0.29) is 16.4 Å². The number of nitriles is 1. The SMILES string of the molecule is COc1c(C(F)(F)C(F)(F)F)nn(C)c1-n1cc(-c2ccc(Cl)c(C(=O)NC3(C#N)CC3)c2)cn1. The second-order valence-electron chi connectivity index (χ2n) is 7.92. The van der Waals surface area contributed by atoms with Gasteiger partial charge in [-0.15, -0.1) is 0 Å². The van der Waals surface area contributed by atoms with Gasteiger partial charge in [-0.05, 0) is 30.5 Å². The van der Waals surface area contributed by atoms with Crippen LogP contribution in [0.4, 0.5) is 22.0 Å². The third-order valence-corrected chi connectivity index (χ3v) is 5.82. The number of alkyl halides is 5. The van der Waals surface area contributed by atoms with E-state index in [1.807, 2.05) is 6.07 Å². The molecule has 0 aliphatic heterocycles. The summed E-state index contributed by atoms with van der Waals surface area (Å²) < 4.78 is 73.5. The minimum atomic E-state index is -5.88. The smallest absolute Gasteiger partial charge is 0.459 e. The summed E-state index contributed by atoms with van der Waals surface area (Å²) in [7, 11) is 2.11. The molecule has 1 aliphatic rings. The van der Waals surface area contributed by atoms with Crippen molar-refractivity contribution in [3.63, 3.8) is 0 Å². The summed E-state index contributed by atoms with van der Waals surface area (Å²) in [4.78, 5) is 12.6. The van der Waals surface area contributed by atoms with Gasteiger partial charge in [-0.2, -0.15) is 37.4 Å². The fourth-order valence-electron chi connectivity index (χ4n) is 3.42. The Labute approximate surface area is 199 Å². The van der Waals surface area contributed by atoms with Crippen molar-refractivity contribution < 1.29 is 31.5 Å². The molecule has 3 aromatic rings. The van der Waals surface area contributed by atoms with Gasteiger partial charge in [0, 0.05) is 18.8 Å². The molecule has 4 rings (SSSR count). The largest absolute Gasteiger partial charge is 0.491 e. The summed E-state index contributed by atoms with van der Waals surface area (Å²) in [5.74, 6) is -6.87. The molecule has 184 valence electrons. The monoisotopic (exact) mass is 514 g/mol. The zero-order valence-corrected chi connectivity index (χ0v) is 18.9. The maximum absolute atomic E-state index is 14.0. The second-order valence-corrected chi connectivity index (χ2v) is 8.32. The molecule has 1 aliphatic carbocycles. The number of nitrogens with one attached hydrogen (secondary N) is 1. The van der Waals surface area contributed by atoms with Crippen LogP contribution in [0.25, 0.3) is 16.9 Å². The van der Waals surface area contributed by atoms with Gasteiger partial charge in [-0.25, -0.2) is 9.36 Å². The number of ether oxygens (including phenoxy) is 1. The van der Waals surface area contributed by atoms with E-state index in [1.54, 1.807) is 6.07 Å². The molecule has 2 aromatic heterocycles. The molecule has 2 heterocycles. The third kappa shape index (κ3) is 4.18.